The third-order valence-corrected chi connectivity index (χ3v) is 4.28. The molecule has 0 unspecified atom stereocenters. The van der Waals surface area contributed by atoms with Gasteiger partial charge in [0, 0.05) is 39.1 Å². The van der Waals surface area contributed by atoms with Crippen LogP contribution in [-0.2, 0) is 9.53 Å². The molecule has 0 radical (unpaired) electrons. The molecule has 0 saturated carbocycles. The van der Waals surface area contributed by atoms with E-state index in [0.717, 1.165) is 39.4 Å². The van der Waals surface area contributed by atoms with Gasteiger partial charge in [0.2, 0.25) is 5.91 Å². The van der Waals surface area contributed by atoms with E-state index in [1.807, 2.05) is 0 Å². The maximum Gasteiger partial charge on any atom is 0.225 e. The minimum Gasteiger partial charge on any atom is -0.379 e. The maximum atomic E-state index is 11.9. The van der Waals surface area contributed by atoms with Crippen LogP contribution in [0.2, 0.25) is 10.0 Å². The molecule has 1 aliphatic rings. The van der Waals surface area contributed by atoms with Crippen LogP contribution in [0.5, 0.6) is 0 Å². The molecule has 1 aromatic rings. The van der Waals surface area contributed by atoms with Crippen molar-refractivity contribution < 1.29 is 9.53 Å². The second kappa shape index (κ2) is 9.33. The first-order valence-corrected chi connectivity index (χ1v) is 8.17. The molecule has 2 N–H and O–H groups in total. The van der Waals surface area contributed by atoms with Crippen LogP contribution in [0.3, 0.4) is 0 Å². The molecule has 1 amide bonds. The zero-order valence-electron chi connectivity index (χ0n) is 12.4. The molecule has 1 fully saturated rings. The maximum absolute atomic E-state index is 11.9. The molecule has 0 bridgehead atoms. The van der Waals surface area contributed by atoms with Gasteiger partial charge in [0.1, 0.15) is 0 Å². The largest absolute Gasteiger partial charge is 0.379 e. The van der Waals surface area contributed by atoms with Gasteiger partial charge in [-0.1, -0.05) is 29.3 Å². The van der Waals surface area contributed by atoms with Crippen LogP contribution in [0.15, 0.2) is 18.2 Å². The highest BCUT2D eigenvalue weighted by molar-refractivity contribution is 6.43. The van der Waals surface area contributed by atoms with E-state index in [4.69, 9.17) is 27.9 Å². The number of morpholine rings is 1. The number of hydrogen-bond acceptors (Lipinski definition) is 4. The average molecular weight is 346 g/mol. The highest BCUT2D eigenvalue weighted by Gasteiger charge is 2.10. The van der Waals surface area contributed by atoms with E-state index in [1.165, 1.54) is 0 Å². The predicted molar refractivity (Wildman–Crippen MR) is 89.8 cm³/mol. The first-order valence-electron chi connectivity index (χ1n) is 7.41. The van der Waals surface area contributed by atoms with Crippen molar-refractivity contribution in [3.63, 3.8) is 0 Å². The van der Waals surface area contributed by atoms with Gasteiger partial charge in [-0.05, 0) is 12.1 Å². The minimum absolute atomic E-state index is 0.0805. The van der Waals surface area contributed by atoms with Crippen LogP contribution < -0.4 is 10.6 Å². The smallest absolute Gasteiger partial charge is 0.225 e. The Bertz CT molecular complexity index is 494. The van der Waals surface area contributed by atoms with Crippen molar-refractivity contribution in [2.24, 2.45) is 0 Å². The quantitative estimate of drug-likeness (QED) is 0.744. The van der Waals surface area contributed by atoms with Crippen LogP contribution in [-0.4, -0.2) is 56.7 Å². The first kappa shape index (κ1) is 17.5. The van der Waals surface area contributed by atoms with E-state index in [0.29, 0.717) is 28.7 Å². The van der Waals surface area contributed by atoms with Crippen LogP contribution >= 0.6 is 23.2 Å². The second-order valence-electron chi connectivity index (χ2n) is 5.10. The average Bonchev–Trinajstić information content (AvgIpc) is 2.52. The molecule has 7 heteroatoms. The minimum atomic E-state index is -0.0805. The molecule has 0 spiro atoms. The number of nitrogens with zero attached hydrogens (tertiary/aromatic N) is 1. The molecule has 1 aromatic carbocycles. The van der Waals surface area contributed by atoms with E-state index >= 15 is 0 Å². The number of anilines is 1. The van der Waals surface area contributed by atoms with E-state index < -0.39 is 0 Å². The molecule has 1 heterocycles. The van der Waals surface area contributed by atoms with E-state index in [9.17, 15) is 4.79 Å². The normalized spacial score (nSPS) is 15.7. The molecule has 5 nitrogen and oxygen atoms in total. The summed E-state index contributed by atoms with van der Waals surface area (Å²) in [6, 6.07) is 5.18. The lowest BCUT2D eigenvalue weighted by molar-refractivity contribution is -0.116. The molecule has 1 saturated heterocycles. The number of halogens is 2. The third-order valence-electron chi connectivity index (χ3n) is 3.46. The molecule has 0 aliphatic carbocycles. The topological polar surface area (TPSA) is 53.6 Å². The summed E-state index contributed by atoms with van der Waals surface area (Å²) >= 11 is 11.9. The number of amides is 1. The highest BCUT2D eigenvalue weighted by Crippen LogP contribution is 2.29. The van der Waals surface area contributed by atoms with Gasteiger partial charge < -0.3 is 15.4 Å². The van der Waals surface area contributed by atoms with Crippen molar-refractivity contribution in [2.75, 3.05) is 51.3 Å². The van der Waals surface area contributed by atoms with Gasteiger partial charge in [-0.2, -0.15) is 0 Å². The monoisotopic (exact) mass is 345 g/mol. The highest BCUT2D eigenvalue weighted by atomic mass is 35.5. The molecular weight excluding hydrogens is 325 g/mol. The summed E-state index contributed by atoms with van der Waals surface area (Å²) in [7, 11) is 0. The zero-order chi connectivity index (χ0) is 15.8. The number of carbonyl (C=O) groups is 1. The molecule has 2 rings (SSSR count). The van der Waals surface area contributed by atoms with Crippen molar-refractivity contribution in [1.29, 1.82) is 0 Å². The summed E-state index contributed by atoms with van der Waals surface area (Å²) in [5.41, 5.74) is 0.549. The van der Waals surface area contributed by atoms with Crippen molar-refractivity contribution in [3.8, 4) is 0 Å². The number of hydrogen-bond donors (Lipinski definition) is 2. The van der Waals surface area contributed by atoms with Gasteiger partial charge in [0.25, 0.3) is 0 Å². The van der Waals surface area contributed by atoms with Crippen molar-refractivity contribution in [3.05, 3.63) is 28.2 Å². The van der Waals surface area contributed by atoms with Gasteiger partial charge in [0.15, 0.2) is 0 Å². The van der Waals surface area contributed by atoms with Gasteiger partial charge in [-0.3, -0.25) is 9.69 Å². The van der Waals surface area contributed by atoms with Gasteiger partial charge in [-0.15, -0.1) is 0 Å². The lowest BCUT2D eigenvalue weighted by Gasteiger charge is -2.26. The molecule has 1 aliphatic heterocycles. The summed E-state index contributed by atoms with van der Waals surface area (Å²) in [5.74, 6) is -0.0805. The molecular formula is C15H21Cl2N3O2. The summed E-state index contributed by atoms with van der Waals surface area (Å²) in [5, 5.41) is 6.85. The molecule has 0 atom stereocenters. The Balaban J connectivity index is 1.60. The summed E-state index contributed by atoms with van der Waals surface area (Å²) in [6.45, 7) is 6.06. The number of benzene rings is 1. The Morgan fingerprint density at radius 3 is 2.77 bits per heavy atom. The van der Waals surface area contributed by atoms with Gasteiger partial charge in [0.05, 0.1) is 28.9 Å². The van der Waals surface area contributed by atoms with Crippen LogP contribution in [0.4, 0.5) is 5.69 Å². The Hall–Kier alpha value is -0.850. The third kappa shape index (κ3) is 5.74. The number of ether oxygens (including phenoxy) is 1. The van der Waals surface area contributed by atoms with E-state index in [2.05, 4.69) is 15.5 Å². The Morgan fingerprint density at radius 1 is 1.23 bits per heavy atom. The Kier molecular flexibility index (Phi) is 7.42. The summed E-state index contributed by atoms with van der Waals surface area (Å²) in [4.78, 5) is 14.2. The van der Waals surface area contributed by atoms with Gasteiger partial charge >= 0.3 is 0 Å². The lowest BCUT2D eigenvalue weighted by atomic mass is 10.3. The summed E-state index contributed by atoms with van der Waals surface area (Å²) in [6.07, 6.45) is 0.395. The standard InChI is InChI=1S/C15H21Cl2N3O2/c16-12-2-1-3-13(15(12)17)19-14(21)4-5-18-6-7-20-8-10-22-11-9-20/h1-3,18H,4-11H2,(H,19,21). The van der Waals surface area contributed by atoms with E-state index in [-0.39, 0.29) is 5.91 Å². The number of carbonyl (C=O) groups excluding carboxylic acids is 1. The Morgan fingerprint density at radius 2 is 2.00 bits per heavy atom. The first-order chi connectivity index (χ1) is 10.7. The van der Waals surface area contributed by atoms with Crippen LogP contribution in [0, 0.1) is 0 Å². The SMILES string of the molecule is O=C(CCNCCN1CCOCC1)Nc1cccc(Cl)c1Cl. The Labute approximate surface area is 140 Å². The fourth-order valence-corrected chi connectivity index (χ4v) is 2.55. The lowest BCUT2D eigenvalue weighted by Crippen LogP contribution is -2.40. The van der Waals surface area contributed by atoms with Crippen LogP contribution in [0.1, 0.15) is 6.42 Å². The molecule has 22 heavy (non-hydrogen) atoms. The zero-order valence-corrected chi connectivity index (χ0v) is 13.9. The van der Waals surface area contributed by atoms with Gasteiger partial charge in [-0.25, -0.2) is 0 Å². The van der Waals surface area contributed by atoms with Crippen molar-refractivity contribution in [1.82, 2.24) is 10.2 Å². The van der Waals surface area contributed by atoms with Crippen LogP contribution in [0.25, 0.3) is 0 Å². The van der Waals surface area contributed by atoms with Crippen molar-refractivity contribution in [2.45, 2.75) is 6.42 Å². The fourth-order valence-electron chi connectivity index (χ4n) is 2.20. The van der Waals surface area contributed by atoms with E-state index in [1.54, 1.807) is 18.2 Å². The number of rotatable bonds is 7. The fraction of sp³-hybridized carbons (Fsp3) is 0.533. The summed E-state index contributed by atoms with van der Waals surface area (Å²) < 4.78 is 5.30. The second-order valence-corrected chi connectivity index (χ2v) is 5.89. The number of nitrogens with one attached hydrogen (secondary N) is 2. The molecule has 122 valence electrons. The molecule has 0 aromatic heterocycles. The predicted octanol–water partition coefficient (Wildman–Crippen LogP) is 2.24. The van der Waals surface area contributed by atoms with Crippen molar-refractivity contribution >= 4 is 34.8 Å².